The largest absolute Gasteiger partial charge is 0.503 e. The highest BCUT2D eigenvalue weighted by Gasteiger charge is 2.44. The number of carbonyl (C=O) groups is 2. The minimum absolute atomic E-state index is 0.0148. The number of nitrogens with zero attached hydrogens (tertiary/aromatic N) is 2. The van der Waals surface area contributed by atoms with E-state index in [9.17, 15) is 14.7 Å². The second-order valence-electron chi connectivity index (χ2n) is 8.11. The van der Waals surface area contributed by atoms with Gasteiger partial charge in [-0.15, -0.1) is 0 Å². The van der Waals surface area contributed by atoms with Crippen molar-refractivity contribution in [3.8, 4) is 22.8 Å². The van der Waals surface area contributed by atoms with Gasteiger partial charge in [-0.25, -0.2) is 0 Å². The van der Waals surface area contributed by atoms with E-state index in [0.29, 0.717) is 34.0 Å². The zero-order valence-corrected chi connectivity index (χ0v) is 19.5. The summed E-state index contributed by atoms with van der Waals surface area (Å²) in [6.45, 7) is 0. The number of hydrogen-bond donors (Lipinski definition) is 1. The van der Waals surface area contributed by atoms with Gasteiger partial charge < -0.3 is 19.1 Å². The summed E-state index contributed by atoms with van der Waals surface area (Å²) >= 11 is 0. The number of methoxy groups -OCH3 is 2. The van der Waals surface area contributed by atoms with E-state index >= 15 is 0 Å². The number of ketones is 1. The van der Waals surface area contributed by atoms with E-state index in [1.165, 1.54) is 25.4 Å². The number of rotatable bonds is 7. The number of anilines is 1. The van der Waals surface area contributed by atoms with Gasteiger partial charge in [0, 0.05) is 22.9 Å². The van der Waals surface area contributed by atoms with Gasteiger partial charge in [0.25, 0.3) is 5.91 Å². The number of aliphatic hydroxyl groups excluding tert-OH is 1. The lowest BCUT2D eigenvalue weighted by molar-refractivity contribution is -0.117. The Morgan fingerprint density at radius 1 is 0.944 bits per heavy atom. The molecule has 180 valence electrons. The highest BCUT2D eigenvalue weighted by atomic mass is 16.5. The Hall–Kier alpha value is -4.85. The molecule has 1 atom stereocenters. The van der Waals surface area contributed by atoms with E-state index in [4.69, 9.17) is 14.0 Å². The lowest BCUT2D eigenvalue weighted by Gasteiger charge is -2.27. The van der Waals surface area contributed by atoms with Crippen LogP contribution in [0.5, 0.6) is 11.5 Å². The molecule has 2 heterocycles. The molecule has 4 aromatic rings. The van der Waals surface area contributed by atoms with Crippen LogP contribution in [0.15, 0.2) is 101 Å². The van der Waals surface area contributed by atoms with Gasteiger partial charge in [0.15, 0.2) is 11.5 Å². The van der Waals surface area contributed by atoms with Gasteiger partial charge in [-0.1, -0.05) is 29.4 Å². The smallest absolute Gasteiger partial charge is 0.294 e. The molecule has 8 heteroatoms. The molecule has 0 saturated carbocycles. The first-order valence-electron chi connectivity index (χ1n) is 11.1. The van der Waals surface area contributed by atoms with Crippen LogP contribution in [-0.4, -0.2) is 36.2 Å². The van der Waals surface area contributed by atoms with Crippen LogP contribution in [0.25, 0.3) is 11.3 Å². The molecule has 8 nitrogen and oxygen atoms in total. The van der Waals surface area contributed by atoms with E-state index in [0.717, 1.165) is 5.56 Å². The van der Waals surface area contributed by atoms with Crippen LogP contribution in [0.4, 0.5) is 5.69 Å². The van der Waals surface area contributed by atoms with Crippen molar-refractivity contribution in [2.45, 2.75) is 6.04 Å². The highest BCUT2D eigenvalue weighted by molar-refractivity contribution is 6.21. The topological polar surface area (TPSA) is 102 Å². The first-order chi connectivity index (χ1) is 17.5. The third-order valence-corrected chi connectivity index (χ3v) is 6.09. The number of ether oxygens (including phenoxy) is 2. The molecule has 1 unspecified atom stereocenters. The molecular formula is C28H22N2O6. The van der Waals surface area contributed by atoms with Crippen LogP contribution in [0, 0.1) is 0 Å². The van der Waals surface area contributed by atoms with E-state index in [2.05, 4.69) is 5.16 Å². The summed E-state index contributed by atoms with van der Waals surface area (Å²) in [5, 5.41) is 14.9. The Morgan fingerprint density at radius 2 is 1.67 bits per heavy atom. The molecule has 1 aromatic heterocycles. The number of aromatic nitrogens is 1. The van der Waals surface area contributed by atoms with Gasteiger partial charge in [0.05, 0.1) is 25.8 Å². The number of amides is 1. The number of Topliss-reactive ketones (excluding diaryl/α,β-unsaturated/α-hetero) is 1. The van der Waals surface area contributed by atoms with Crippen LogP contribution in [0.3, 0.4) is 0 Å². The van der Waals surface area contributed by atoms with Gasteiger partial charge in [0.1, 0.15) is 23.5 Å². The summed E-state index contributed by atoms with van der Waals surface area (Å²) in [6, 6.07) is 21.5. The SMILES string of the molecule is COc1ccc(C(=O)C2=C(O)C(=O)N(c3ccc(-c4ccon4)cc3)C2c2cccc(OC)c2)cc1. The average molecular weight is 482 g/mol. The summed E-state index contributed by atoms with van der Waals surface area (Å²) in [7, 11) is 3.07. The molecule has 5 rings (SSSR count). The molecule has 3 aromatic carbocycles. The molecule has 0 aliphatic carbocycles. The molecule has 0 fully saturated rings. The van der Waals surface area contributed by atoms with Gasteiger partial charge in [-0.2, -0.15) is 0 Å². The third kappa shape index (κ3) is 3.98. The molecule has 0 bridgehead atoms. The molecule has 1 aliphatic heterocycles. The quantitative estimate of drug-likeness (QED) is 0.364. The lowest BCUT2D eigenvalue weighted by atomic mass is 9.92. The Labute approximate surface area is 207 Å². The molecule has 0 spiro atoms. The zero-order chi connectivity index (χ0) is 25.2. The first-order valence-corrected chi connectivity index (χ1v) is 11.1. The van der Waals surface area contributed by atoms with Crippen molar-refractivity contribution in [3.63, 3.8) is 0 Å². The number of carbonyl (C=O) groups excluding carboxylic acids is 2. The fraction of sp³-hybridized carbons (Fsp3) is 0.107. The van der Waals surface area contributed by atoms with Gasteiger partial charge in [-0.3, -0.25) is 14.5 Å². The maximum absolute atomic E-state index is 13.6. The van der Waals surface area contributed by atoms with Crippen LogP contribution in [-0.2, 0) is 4.79 Å². The Balaban J connectivity index is 1.60. The predicted octanol–water partition coefficient (Wildman–Crippen LogP) is 5.14. The van der Waals surface area contributed by atoms with Crippen molar-refractivity contribution in [1.29, 1.82) is 0 Å². The fourth-order valence-corrected chi connectivity index (χ4v) is 4.28. The second-order valence-corrected chi connectivity index (χ2v) is 8.11. The first kappa shape index (κ1) is 22.9. The summed E-state index contributed by atoms with van der Waals surface area (Å²) in [5.74, 6) is -0.578. The standard InChI is InChI=1S/C28H22N2O6/c1-34-21-12-8-18(9-13-21)26(31)24-25(19-4-3-5-22(16-19)35-2)30(28(33)27(24)32)20-10-6-17(7-11-20)23-14-15-36-29-23/h3-16,25,32H,1-2H3. The van der Waals surface area contributed by atoms with E-state index in [1.54, 1.807) is 78.9 Å². The van der Waals surface area contributed by atoms with Crippen LogP contribution < -0.4 is 14.4 Å². The van der Waals surface area contributed by atoms with Crippen molar-refractivity contribution in [2.75, 3.05) is 19.1 Å². The minimum atomic E-state index is -0.875. The van der Waals surface area contributed by atoms with Crippen molar-refractivity contribution in [1.82, 2.24) is 5.16 Å². The third-order valence-electron chi connectivity index (χ3n) is 6.09. The summed E-state index contributed by atoms with van der Waals surface area (Å²) in [4.78, 5) is 28.4. The average Bonchev–Trinajstić information content (AvgIpc) is 3.56. The Morgan fingerprint density at radius 3 is 2.31 bits per heavy atom. The molecule has 1 aliphatic rings. The van der Waals surface area contributed by atoms with Crippen molar-refractivity contribution < 1.29 is 28.7 Å². The minimum Gasteiger partial charge on any atom is -0.503 e. The van der Waals surface area contributed by atoms with Crippen molar-refractivity contribution in [3.05, 3.63) is 108 Å². The molecular weight excluding hydrogens is 460 g/mol. The molecule has 0 saturated heterocycles. The predicted molar refractivity (Wildman–Crippen MR) is 132 cm³/mol. The van der Waals surface area contributed by atoms with Crippen LogP contribution in [0.1, 0.15) is 22.0 Å². The van der Waals surface area contributed by atoms with Gasteiger partial charge >= 0.3 is 0 Å². The second kappa shape index (κ2) is 9.42. The van der Waals surface area contributed by atoms with Gasteiger partial charge in [0.2, 0.25) is 0 Å². The summed E-state index contributed by atoms with van der Waals surface area (Å²) in [6.07, 6.45) is 1.48. The van der Waals surface area contributed by atoms with Crippen LogP contribution >= 0.6 is 0 Å². The van der Waals surface area contributed by atoms with E-state index in [1.807, 2.05) is 0 Å². The van der Waals surface area contributed by atoms with E-state index in [-0.39, 0.29) is 5.57 Å². The Kier molecular flexibility index (Phi) is 6.00. The van der Waals surface area contributed by atoms with Crippen molar-refractivity contribution >= 4 is 17.4 Å². The molecule has 0 radical (unpaired) electrons. The molecule has 1 N–H and O–H groups in total. The zero-order valence-electron chi connectivity index (χ0n) is 19.5. The molecule has 36 heavy (non-hydrogen) atoms. The normalized spacial score (nSPS) is 15.3. The highest BCUT2D eigenvalue weighted by Crippen LogP contribution is 2.43. The van der Waals surface area contributed by atoms with Crippen molar-refractivity contribution in [2.24, 2.45) is 0 Å². The van der Waals surface area contributed by atoms with Gasteiger partial charge in [-0.05, 0) is 54.1 Å². The number of benzene rings is 3. The maximum Gasteiger partial charge on any atom is 0.294 e. The lowest BCUT2D eigenvalue weighted by Crippen LogP contribution is -2.31. The maximum atomic E-state index is 13.6. The number of hydrogen-bond acceptors (Lipinski definition) is 7. The van der Waals surface area contributed by atoms with E-state index < -0.39 is 23.5 Å². The monoisotopic (exact) mass is 482 g/mol. The Bertz CT molecular complexity index is 1440. The summed E-state index contributed by atoms with van der Waals surface area (Å²) < 4.78 is 15.5. The summed E-state index contributed by atoms with van der Waals surface area (Å²) in [5.41, 5.74) is 2.87. The van der Waals surface area contributed by atoms with Crippen LogP contribution in [0.2, 0.25) is 0 Å². The molecule has 1 amide bonds. The number of aliphatic hydroxyl groups is 1. The fourth-order valence-electron chi connectivity index (χ4n) is 4.28.